The molecule has 0 aliphatic rings. The zero-order valence-corrected chi connectivity index (χ0v) is 22.7. The summed E-state index contributed by atoms with van der Waals surface area (Å²) in [5.41, 5.74) is 3.35. The highest BCUT2D eigenvalue weighted by Gasteiger charge is 2.33. The van der Waals surface area contributed by atoms with Gasteiger partial charge in [-0.05, 0) is 67.6 Å². The van der Waals surface area contributed by atoms with Crippen molar-refractivity contribution >= 4 is 27.5 Å². The van der Waals surface area contributed by atoms with Gasteiger partial charge < -0.3 is 10.2 Å². The summed E-state index contributed by atoms with van der Waals surface area (Å²) in [6.45, 7) is 5.53. The first kappa shape index (κ1) is 27.9. The van der Waals surface area contributed by atoms with Crippen molar-refractivity contribution in [2.24, 2.45) is 0 Å². The zero-order chi connectivity index (χ0) is 27.0. The molecule has 0 aromatic heterocycles. The quantitative estimate of drug-likeness (QED) is 0.412. The van der Waals surface area contributed by atoms with Crippen LogP contribution in [0.15, 0.2) is 83.8 Å². The summed E-state index contributed by atoms with van der Waals surface area (Å²) in [5.74, 6) is -0.725. The van der Waals surface area contributed by atoms with Gasteiger partial charge in [0.1, 0.15) is 12.6 Å². The summed E-state index contributed by atoms with van der Waals surface area (Å²) in [6.07, 6.45) is 0.935. The van der Waals surface area contributed by atoms with Gasteiger partial charge in [-0.3, -0.25) is 13.9 Å². The highest BCUT2D eigenvalue weighted by atomic mass is 32.2. The van der Waals surface area contributed by atoms with E-state index in [0.29, 0.717) is 18.5 Å². The first-order chi connectivity index (χ1) is 17.7. The lowest BCUT2D eigenvalue weighted by Gasteiger charge is -2.33. The highest BCUT2D eigenvalue weighted by molar-refractivity contribution is 7.92. The Balaban J connectivity index is 2.01. The maximum Gasteiger partial charge on any atom is 0.264 e. The van der Waals surface area contributed by atoms with Crippen molar-refractivity contribution in [3.63, 3.8) is 0 Å². The van der Waals surface area contributed by atoms with Crippen LogP contribution in [-0.2, 0) is 26.0 Å². The number of anilines is 1. The van der Waals surface area contributed by atoms with Gasteiger partial charge in [0.05, 0.1) is 10.6 Å². The Morgan fingerprint density at radius 2 is 1.51 bits per heavy atom. The number of nitrogens with zero attached hydrogens (tertiary/aromatic N) is 2. The standard InChI is InChI=1S/C29H35N3O4S/c1-5-27(29(34)30-4)31(19-18-24-12-8-6-9-13-24)28(33)21-32(25-17-16-22(2)23(3)20-25)37(35,36)26-14-10-7-11-15-26/h6-17,20,27H,5,18-19,21H2,1-4H3,(H,30,34)/t27-/m0/s1. The molecule has 0 saturated heterocycles. The molecular weight excluding hydrogens is 486 g/mol. The lowest BCUT2D eigenvalue weighted by atomic mass is 10.1. The minimum Gasteiger partial charge on any atom is -0.357 e. The van der Waals surface area contributed by atoms with Gasteiger partial charge in [-0.2, -0.15) is 0 Å². The van der Waals surface area contributed by atoms with Gasteiger partial charge in [-0.25, -0.2) is 8.42 Å². The maximum atomic E-state index is 13.8. The Morgan fingerprint density at radius 3 is 2.08 bits per heavy atom. The monoisotopic (exact) mass is 521 g/mol. The van der Waals surface area contributed by atoms with Crippen LogP contribution in [0.25, 0.3) is 0 Å². The molecule has 0 saturated carbocycles. The van der Waals surface area contributed by atoms with E-state index in [9.17, 15) is 18.0 Å². The summed E-state index contributed by atoms with van der Waals surface area (Å²) in [6, 6.07) is 22.4. The van der Waals surface area contributed by atoms with Gasteiger partial charge >= 0.3 is 0 Å². The third-order valence-corrected chi connectivity index (χ3v) is 8.29. The number of amides is 2. The number of likely N-dealkylation sites (N-methyl/N-ethyl adjacent to an activating group) is 1. The number of rotatable bonds is 11. The number of carbonyl (C=O) groups is 2. The molecule has 37 heavy (non-hydrogen) atoms. The van der Waals surface area contributed by atoms with Gasteiger partial charge in [0.15, 0.2) is 0 Å². The third-order valence-electron chi connectivity index (χ3n) is 6.51. The minimum atomic E-state index is -4.05. The molecular formula is C29H35N3O4S. The van der Waals surface area contributed by atoms with E-state index < -0.39 is 28.5 Å². The van der Waals surface area contributed by atoms with Crippen LogP contribution in [0.4, 0.5) is 5.69 Å². The molecule has 1 atom stereocenters. The van der Waals surface area contributed by atoms with Crippen molar-refractivity contribution in [2.75, 3.05) is 24.4 Å². The summed E-state index contributed by atoms with van der Waals surface area (Å²) >= 11 is 0. The van der Waals surface area contributed by atoms with Crippen LogP contribution in [0.2, 0.25) is 0 Å². The molecule has 8 heteroatoms. The highest BCUT2D eigenvalue weighted by Crippen LogP contribution is 2.26. The minimum absolute atomic E-state index is 0.0928. The van der Waals surface area contributed by atoms with Crippen LogP contribution in [0.3, 0.4) is 0 Å². The van der Waals surface area contributed by atoms with Crippen molar-refractivity contribution in [3.05, 3.63) is 95.6 Å². The van der Waals surface area contributed by atoms with Crippen molar-refractivity contribution in [3.8, 4) is 0 Å². The average molecular weight is 522 g/mol. The average Bonchev–Trinajstić information content (AvgIpc) is 2.91. The van der Waals surface area contributed by atoms with Crippen molar-refractivity contribution in [2.45, 2.75) is 44.6 Å². The Morgan fingerprint density at radius 1 is 0.892 bits per heavy atom. The Hall–Kier alpha value is -3.65. The number of sulfonamides is 1. The van der Waals surface area contributed by atoms with E-state index in [2.05, 4.69) is 5.32 Å². The molecule has 0 aliphatic carbocycles. The molecule has 3 aromatic rings. The van der Waals surface area contributed by atoms with Crippen LogP contribution in [-0.4, -0.2) is 51.3 Å². The third kappa shape index (κ3) is 6.77. The number of hydrogen-bond acceptors (Lipinski definition) is 4. The summed E-state index contributed by atoms with van der Waals surface area (Å²) in [5, 5.41) is 2.64. The predicted octanol–water partition coefficient (Wildman–Crippen LogP) is 4.09. The number of benzene rings is 3. The molecule has 3 aromatic carbocycles. The van der Waals surface area contributed by atoms with Crippen molar-refractivity contribution in [1.29, 1.82) is 0 Å². The van der Waals surface area contributed by atoms with Gasteiger partial charge in [0.2, 0.25) is 11.8 Å². The van der Waals surface area contributed by atoms with Gasteiger partial charge in [-0.1, -0.05) is 61.5 Å². The second-order valence-electron chi connectivity index (χ2n) is 8.95. The summed E-state index contributed by atoms with van der Waals surface area (Å²) < 4.78 is 28.7. The Bertz CT molecular complexity index is 1310. The number of hydrogen-bond donors (Lipinski definition) is 1. The molecule has 0 radical (unpaired) electrons. The molecule has 0 bridgehead atoms. The van der Waals surface area contributed by atoms with Crippen LogP contribution in [0.5, 0.6) is 0 Å². The summed E-state index contributed by atoms with van der Waals surface area (Å²) in [7, 11) is -2.52. The second kappa shape index (κ2) is 12.5. The fourth-order valence-electron chi connectivity index (χ4n) is 4.19. The molecule has 0 unspecified atom stereocenters. The maximum absolute atomic E-state index is 13.8. The van der Waals surface area contributed by atoms with Crippen molar-refractivity contribution in [1.82, 2.24) is 10.2 Å². The topological polar surface area (TPSA) is 86.8 Å². The second-order valence-corrected chi connectivity index (χ2v) is 10.8. The first-order valence-corrected chi connectivity index (χ1v) is 13.8. The van der Waals surface area contributed by atoms with E-state index in [0.717, 1.165) is 21.0 Å². The van der Waals surface area contributed by atoms with E-state index in [4.69, 9.17) is 0 Å². The van der Waals surface area contributed by atoms with Gasteiger partial charge in [-0.15, -0.1) is 0 Å². The van der Waals surface area contributed by atoms with E-state index >= 15 is 0 Å². The van der Waals surface area contributed by atoms with E-state index in [-0.39, 0.29) is 17.3 Å². The van der Waals surface area contributed by atoms with Gasteiger partial charge in [0.25, 0.3) is 10.0 Å². The lowest BCUT2D eigenvalue weighted by molar-refractivity contribution is -0.139. The molecule has 0 fully saturated rings. The van der Waals surface area contributed by atoms with Crippen molar-refractivity contribution < 1.29 is 18.0 Å². The zero-order valence-electron chi connectivity index (χ0n) is 21.8. The molecule has 1 N–H and O–H groups in total. The molecule has 7 nitrogen and oxygen atoms in total. The van der Waals surface area contributed by atoms with E-state index in [1.165, 1.54) is 24.1 Å². The lowest BCUT2D eigenvalue weighted by Crippen LogP contribution is -2.52. The molecule has 2 amide bonds. The first-order valence-electron chi connectivity index (χ1n) is 12.4. The predicted molar refractivity (Wildman–Crippen MR) is 147 cm³/mol. The largest absolute Gasteiger partial charge is 0.357 e. The Labute approximate surface area is 220 Å². The Kier molecular flexibility index (Phi) is 9.47. The molecule has 0 spiro atoms. The molecule has 196 valence electrons. The summed E-state index contributed by atoms with van der Waals surface area (Å²) in [4.78, 5) is 28.2. The fourth-order valence-corrected chi connectivity index (χ4v) is 5.62. The number of aryl methyl sites for hydroxylation is 2. The van der Waals surface area contributed by atoms with Crippen LogP contribution < -0.4 is 9.62 Å². The molecule has 0 aliphatic heterocycles. The van der Waals surface area contributed by atoms with Gasteiger partial charge in [0, 0.05) is 13.6 Å². The fraction of sp³-hybridized carbons (Fsp3) is 0.310. The van der Waals surface area contributed by atoms with E-state index in [1.807, 2.05) is 57.2 Å². The van der Waals surface area contributed by atoms with Crippen LogP contribution in [0.1, 0.15) is 30.0 Å². The normalized spacial score (nSPS) is 12.0. The number of carbonyl (C=O) groups excluding carboxylic acids is 2. The van der Waals surface area contributed by atoms with Crippen LogP contribution >= 0.6 is 0 Å². The SMILES string of the molecule is CC[C@@H](C(=O)NC)N(CCc1ccccc1)C(=O)CN(c1ccc(C)c(C)c1)S(=O)(=O)c1ccccc1. The molecule has 3 rings (SSSR count). The van der Waals surface area contributed by atoms with E-state index in [1.54, 1.807) is 30.3 Å². The molecule has 0 heterocycles. The van der Waals surface area contributed by atoms with Crippen LogP contribution in [0, 0.1) is 13.8 Å². The smallest absolute Gasteiger partial charge is 0.264 e. The number of nitrogens with one attached hydrogen (secondary N) is 1.